The molecule has 170 valence electrons. The predicted molar refractivity (Wildman–Crippen MR) is 118 cm³/mol. The van der Waals surface area contributed by atoms with Crippen molar-refractivity contribution >= 4 is 17.8 Å². The standard InChI is InChI=1S/C24H28N2O6/c1-31-19-8-2-16(3-9-19)22(27)25-14-15-26-23(28)17-4-10-20(11-5-17)32-21-12-6-18(7-13-21)24(29)30/h2-5,8-11,18,21H,6-7,12-15H2,1H3,(H,25,27)(H,26,28)(H,29,30)/t18-,21+. The molecule has 1 aliphatic carbocycles. The predicted octanol–water partition coefficient (Wildman–Crippen LogP) is 2.88. The number of carboxylic acids is 1. The number of nitrogens with one attached hydrogen (secondary N) is 2. The minimum absolute atomic E-state index is 0.000380. The topological polar surface area (TPSA) is 114 Å². The van der Waals surface area contributed by atoms with Gasteiger partial charge in [0.15, 0.2) is 0 Å². The van der Waals surface area contributed by atoms with Gasteiger partial charge in [-0.3, -0.25) is 14.4 Å². The summed E-state index contributed by atoms with van der Waals surface area (Å²) in [6.07, 6.45) is 2.66. The van der Waals surface area contributed by atoms with Crippen LogP contribution in [0.1, 0.15) is 46.4 Å². The molecule has 1 fully saturated rings. The fourth-order valence-corrected chi connectivity index (χ4v) is 3.60. The fourth-order valence-electron chi connectivity index (χ4n) is 3.60. The molecule has 0 bridgehead atoms. The number of hydrogen-bond acceptors (Lipinski definition) is 5. The normalized spacial score (nSPS) is 17.8. The van der Waals surface area contributed by atoms with Crippen LogP contribution in [0.15, 0.2) is 48.5 Å². The van der Waals surface area contributed by atoms with Crippen LogP contribution in [0.5, 0.6) is 11.5 Å². The first-order valence-electron chi connectivity index (χ1n) is 10.7. The van der Waals surface area contributed by atoms with Gasteiger partial charge in [-0.1, -0.05) is 0 Å². The number of carbonyl (C=O) groups is 3. The van der Waals surface area contributed by atoms with E-state index in [4.69, 9.17) is 14.6 Å². The second-order valence-corrected chi connectivity index (χ2v) is 7.69. The smallest absolute Gasteiger partial charge is 0.306 e. The number of aliphatic carboxylic acids is 1. The van der Waals surface area contributed by atoms with Gasteiger partial charge in [0.25, 0.3) is 11.8 Å². The lowest BCUT2D eigenvalue weighted by Crippen LogP contribution is -2.34. The van der Waals surface area contributed by atoms with Crippen LogP contribution >= 0.6 is 0 Å². The van der Waals surface area contributed by atoms with E-state index in [1.165, 1.54) is 0 Å². The number of ether oxygens (including phenoxy) is 2. The molecule has 32 heavy (non-hydrogen) atoms. The molecule has 0 radical (unpaired) electrons. The van der Waals surface area contributed by atoms with Crippen molar-refractivity contribution in [1.29, 1.82) is 0 Å². The minimum Gasteiger partial charge on any atom is -0.497 e. The van der Waals surface area contributed by atoms with Gasteiger partial charge in [-0.2, -0.15) is 0 Å². The molecule has 0 saturated heterocycles. The van der Waals surface area contributed by atoms with Crippen LogP contribution in [0.25, 0.3) is 0 Å². The van der Waals surface area contributed by atoms with E-state index >= 15 is 0 Å². The van der Waals surface area contributed by atoms with Crippen molar-refractivity contribution in [1.82, 2.24) is 10.6 Å². The Bertz CT molecular complexity index is 919. The average molecular weight is 440 g/mol. The molecule has 2 aromatic rings. The number of hydrogen-bond donors (Lipinski definition) is 3. The van der Waals surface area contributed by atoms with Crippen LogP contribution in [0, 0.1) is 5.92 Å². The highest BCUT2D eigenvalue weighted by Crippen LogP contribution is 2.28. The lowest BCUT2D eigenvalue weighted by Gasteiger charge is -2.26. The molecule has 0 atom stereocenters. The third-order valence-corrected chi connectivity index (χ3v) is 5.49. The van der Waals surface area contributed by atoms with E-state index < -0.39 is 5.97 Å². The Balaban J connectivity index is 1.38. The molecule has 0 spiro atoms. The van der Waals surface area contributed by atoms with E-state index in [0.717, 1.165) is 0 Å². The summed E-state index contributed by atoms with van der Waals surface area (Å²) in [4.78, 5) is 35.4. The van der Waals surface area contributed by atoms with Gasteiger partial charge in [-0.25, -0.2) is 0 Å². The van der Waals surface area contributed by atoms with E-state index in [1.54, 1.807) is 55.6 Å². The van der Waals surface area contributed by atoms with Crippen molar-refractivity contribution in [2.75, 3.05) is 20.2 Å². The van der Waals surface area contributed by atoms with Crippen LogP contribution in [-0.4, -0.2) is 49.2 Å². The molecule has 1 saturated carbocycles. The van der Waals surface area contributed by atoms with Gasteiger partial charge >= 0.3 is 5.97 Å². The van der Waals surface area contributed by atoms with Crippen molar-refractivity contribution in [3.8, 4) is 11.5 Å². The summed E-state index contributed by atoms with van der Waals surface area (Å²) < 4.78 is 11.0. The van der Waals surface area contributed by atoms with Crippen LogP contribution in [0.2, 0.25) is 0 Å². The highest BCUT2D eigenvalue weighted by molar-refractivity contribution is 5.95. The molecule has 0 heterocycles. The molecule has 0 aromatic heterocycles. The van der Waals surface area contributed by atoms with Crippen molar-refractivity contribution in [3.05, 3.63) is 59.7 Å². The molecule has 1 aliphatic rings. The lowest BCUT2D eigenvalue weighted by atomic mass is 9.87. The van der Waals surface area contributed by atoms with Crippen LogP contribution in [0.4, 0.5) is 0 Å². The average Bonchev–Trinajstić information content (AvgIpc) is 2.82. The molecular weight excluding hydrogens is 412 g/mol. The fraction of sp³-hybridized carbons (Fsp3) is 0.375. The number of rotatable bonds is 9. The van der Waals surface area contributed by atoms with Crippen molar-refractivity contribution in [2.24, 2.45) is 5.92 Å². The molecule has 0 unspecified atom stereocenters. The maximum absolute atomic E-state index is 12.3. The number of benzene rings is 2. The summed E-state index contributed by atoms with van der Waals surface area (Å²) >= 11 is 0. The number of amides is 2. The van der Waals surface area contributed by atoms with Gasteiger partial charge in [-0.15, -0.1) is 0 Å². The van der Waals surface area contributed by atoms with Crippen LogP contribution in [0.3, 0.4) is 0 Å². The van der Waals surface area contributed by atoms with Gasteiger partial charge < -0.3 is 25.2 Å². The van der Waals surface area contributed by atoms with E-state index in [-0.39, 0.29) is 23.8 Å². The van der Waals surface area contributed by atoms with Crippen molar-refractivity contribution in [2.45, 2.75) is 31.8 Å². The first-order valence-corrected chi connectivity index (χ1v) is 10.7. The number of carbonyl (C=O) groups excluding carboxylic acids is 2. The van der Waals surface area contributed by atoms with Gasteiger partial charge in [0.05, 0.1) is 19.1 Å². The number of methoxy groups -OCH3 is 1. The zero-order valence-electron chi connectivity index (χ0n) is 18.0. The zero-order valence-corrected chi connectivity index (χ0v) is 18.0. The molecule has 3 N–H and O–H groups in total. The Morgan fingerprint density at radius 3 is 1.72 bits per heavy atom. The Labute approximate surface area is 186 Å². The Kier molecular flexibility index (Phi) is 8.08. The van der Waals surface area contributed by atoms with Gasteiger partial charge in [0.1, 0.15) is 11.5 Å². The maximum Gasteiger partial charge on any atom is 0.306 e. The minimum atomic E-state index is -0.737. The SMILES string of the molecule is COc1ccc(C(=O)NCCNC(=O)c2ccc(O[C@H]3CC[C@@H](C(=O)O)CC3)cc2)cc1. The van der Waals surface area contributed by atoms with Crippen LogP contribution < -0.4 is 20.1 Å². The number of carboxylic acid groups (broad SMARTS) is 1. The molecule has 3 rings (SSSR count). The summed E-state index contributed by atoms with van der Waals surface area (Å²) in [5.41, 5.74) is 1.01. The largest absolute Gasteiger partial charge is 0.497 e. The van der Waals surface area contributed by atoms with Gasteiger partial charge in [-0.05, 0) is 74.2 Å². The molecule has 2 aromatic carbocycles. The zero-order chi connectivity index (χ0) is 22.9. The third-order valence-electron chi connectivity index (χ3n) is 5.49. The first-order chi connectivity index (χ1) is 15.5. The van der Waals surface area contributed by atoms with Gasteiger partial charge in [0.2, 0.25) is 0 Å². The van der Waals surface area contributed by atoms with Gasteiger partial charge in [0, 0.05) is 24.2 Å². The van der Waals surface area contributed by atoms with Crippen molar-refractivity contribution in [3.63, 3.8) is 0 Å². The van der Waals surface area contributed by atoms with E-state index in [9.17, 15) is 14.4 Å². The third kappa shape index (κ3) is 6.47. The molecule has 8 heteroatoms. The maximum atomic E-state index is 12.3. The molecule has 2 amide bonds. The van der Waals surface area contributed by atoms with Crippen LogP contribution in [-0.2, 0) is 4.79 Å². The Morgan fingerprint density at radius 1 is 0.812 bits per heavy atom. The summed E-state index contributed by atoms with van der Waals surface area (Å²) in [6.45, 7) is 0.600. The first kappa shape index (κ1) is 23.1. The second-order valence-electron chi connectivity index (χ2n) is 7.69. The highest BCUT2D eigenvalue weighted by atomic mass is 16.5. The highest BCUT2D eigenvalue weighted by Gasteiger charge is 2.26. The summed E-state index contributed by atoms with van der Waals surface area (Å²) in [7, 11) is 1.56. The van der Waals surface area contributed by atoms with Crippen molar-refractivity contribution < 1.29 is 29.0 Å². The monoisotopic (exact) mass is 440 g/mol. The Morgan fingerprint density at radius 2 is 1.28 bits per heavy atom. The lowest BCUT2D eigenvalue weighted by molar-refractivity contribution is -0.143. The van der Waals surface area contributed by atoms with E-state index in [1.807, 2.05) is 0 Å². The quantitative estimate of drug-likeness (QED) is 0.517. The summed E-state index contributed by atoms with van der Waals surface area (Å²) in [5, 5.41) is 14.6. The molecule has 8 nitrogen and oxygen atoms in total. The van der Waals surface area contributed by atoms with E-state index in [2.05, 4.69) is 10.6 Å². The Hall–Kier alpha value is -3.55. The summed E-state index contributed by atoms with van der Waals surface area (Å²) in [6, 6.07) is 13.6. The van der Waals surface area contributed by atoms with E-state index in [0.29, 0.717) is 61.4 Å². The molecule has 0 aliphatic heterocycles. The summed E-state index contributed by atoms with van der Waals surface area (Å²) in [5.74, 6) is -0.137. The molecular formula is C24H28N2O6. The second kappa shape index (κ2) is 11.2.